The van der Waals surface area contributed by atoms with Gasteiger partial charge in [0.1, 0.15) is 30.4 Å². The zero-order chi connectivity index (χ0) is 27.5. The number of aromatic nitrogens is 5. The lowest BCUT2D eigenvalue weighted by molar-refractivity contribution is -0.132. The van der Waals surface area contributed by atoms with Crippen molar-refractivity contribution in [2.24, 2.45) is 0 Å². The Bertz CT molecular complexity index is 1410. The Labute approximate surface area is 223 Å². The first-order chi connectivity index (χ1) is 18.9. The maximum absolute atomic E-state index is 13.3. The van der Waals surface area contributed by atoms with Gasteiger partial charge in [0.2, 0.25) is 11.7 Å². The van der Waals surface area contributed by atoms with E-state index in [1.807, 2.05) is 6.07 Å². The zero-order valence-corrected chi connectivity index (χ0v) is 21.5. The van der Waals surface area contributed by atoms with E-state index >= 15 is 0 Å². The molecule has 204 valence electrons. The van der Waals surface area contributed by atoms with Crippen LogP contribution in [0.4, 0.5) is 10.6 Å². The molecule has 0 saturated carbocycles. The minimum atomic E-state index is -0.485. The summed E-state index contributed by atoms with van der Waals surface area (Å²) in [5.41, 5.74) is 2.52. The molecule has 0 aliphatic carbocycles. The van der Waals surface area contributed by atoms with Crippen molar-refractivity contribution in [3.05, 3.63) is 47.0 Å². The number of ether oxygens (including phenoxy) is 2. The van der Waals surface area contributed by atoms with Gasteiger partial charge >= 0.3 is 6.09 Å². The van der Waals surface area contributed by atoms with Crippen LogP contribution in [0, 0.1) is 0 Å². The lowest BCUT2D eigenvalue weighted by Crippen LogP contribution is -2.43. The summed E-state index contributed by atoms with van der Waals surface area (Å²) in [6.07, 6.45) is 0.107. The molecule has 1 fully saturated rings. The molecule has 14 nitrogen and oxygen atoms in total. The Kier molecular flexibility index (Phi) is 7.36. The normalized spacial score (nSPS) is 15.5. The predicted octanol–water partition coefficient (Wildman–Crippen LogP) is 0.886. The number of carbonyl (C=O) groups is 3. The monoisotopic (exact) mass is 536 g/mol. The Hall–Kier alpha value is -4.59. The standard InChI is InChI=1S/C25H28N8O6/c1-15(14-34)33-23(28-29-30-33)19-4-3-5-21(26-19)27-24(36)18-10-17-12-31(7-6-16(17)11-20(18)38-2)22(35)13-32-8-9-39-25(32)37/h3-5,10-11,15,34H,6-9,12-14H2,1-2H3,(H,26,27,36)/t15-/m1/s1. The van der Waals surface area contributed by atoms with Crippen molar-refractivity contribution in [2.45, 2.75) is 25.9 Å². The Morgan fingerprint density at radius 1 is 1.23 bits per heavy atom. The number of nitrogens with zero attached hydrogens (tertiary/aromatic N) is 7. The fourth-order valence-electron chi connectivity index (χ4n) is 4.53. The first kappa shape index (κ1) is 26.0. The van der Waals surface area contributed by atoms with Crippen molar-refractivity contribution in [1.29, 1.82) is 0 Å². The van der Waals surface area contributed by atoms with Crippen molar-refractivity contribution in [2.75, 3.05) is 45.3 Å². The summed E-state index contributed by atoms with van der Waals surface area (Å²) in [7, 11) is 1.49. The van der Waals surface area contributed by atoms with Crippen molar-refractivity contribution >= 4 is 23.7 Å². The molecule has 1 saturated heterocycles. The quantitative estimate of drug-likeness (QED) is 0.422. The molecule has 0 spiro atoms. The molecule has 2 aliphatic rings. The summed E-state index contributed by atoms with van der Waals surface area (Å²) >= 11 is 0. The van der Waals surface area contributed by atoms with Crippen LogP contribution in [-0.4, -0.2) is 98.0 Å². The molecule has 3 aromatic rings. The molecular formula is C25H28N8O6. The molecule has 2 N–H and O–H groups in total. The van der Waals surface area contributed by atoms with Gasteiger partial charge < -0.3 is 24.8 Å². The van der Waals surface area contributed by atoms with Crippen LogP contribution < -0.4 is 10.1 Å². The van der Waals surface area contributed by atoms with Crippen LogP contribution in [0.5, 0.6) is 5.75 Å². The maximum atomic E-state index is 13.3. The SMILES string of the molecule is COc1cc2c(cc1C(=O)Nc1cccc(-c3nnnn3[C@H](C)CO)n1)CN(C(=O)CN1CCOC1=O)CC2. The number of aliphatic hydroxyl groups excluding tert-OH is 1. The van der Waals surface area contributed by atoms with Gasteiger partial charge in [0.15, 0.2) is 0 Å². The van der Waals surface area contributed by atoms with Gasteiger partial charge in [-0.05, 0) is 59.2 Å². The Balaban J connectivity index is 1.34. The predicted molar refractivity (Wildman–Crippen MR) is 136 cm³/mol. The van der Waals surface area contributed by atoms with E-state index in [9.17, 15) is 19.5 Å². The lowest BCUT2D eigenvalue weighted by atomic mass is 9.96. The third-order valence-electron chi connectivity index (χ3n) is 6.70. The first-order valence-electron chi connectivity index (χ1n) is 12.4. The largest absolute Gasteiger partial charge is 0.496 e. The van der Waals surface area contributed by atoms with E-state index in [4.69, 9.17) is 9.47 Å². The van der Waals surface area contributed by atoms with E-state index in [0.717, 1.165) is 11.1 Å². The molecule has 1 aromatic carbocycles. The Morgan fingerprint density at radius 2 is 2.08 bits per heavy atom. The summed E-state index contributed by atoms with van der Waals surface area (Å²) in [5.74, 6) is 0.414. The van der Waals surface area contributed by atoms with E-state index in [1.165, 1.54) is 16.7 Å². The van der Waals surface area contributed by atoms with Gasteiger partial charge in [-0.1, -0.05) is 6.07 Å². The number of fused-ring (bicyclic) bond motifs is 1. The van der Waals surface area contributed by atoms with Gasteiger partial charge in [-0.25, -0.2) is 14.5 Å². The van der Waals surface area contributed by atoms with Crippen molar-refractivity contribution < 1.29 is 29.0 Å². The molecule has 0 radical (unpaired) electrons. The van der Waals surface area contributed by atoms with Crippen LogP contribution in [0.25, 0.3) is 11.5 Å². The maximum Gasteiger partial charge on any atom is 0.410 e. The second kappa shape index (κ2) is 11.0. The summed E-state index contributed by atoms with van der Waals surface area (Å²) < 4.78 is 11.9. The van der Waals surface area contributed by atoms with E-state index in [2.05, 4.69) is 25.8 Å². The number of rotatable bonds is 8. The second-order valence-electron chi connectivity index (χ2n) is 9.26. The zero-order valence-electron chi connectivity index (χ0n) is 21.5. The molecule has 2 aliphatic heterocycles. The number of anilines is 1. The number of carbonyl (C=O) groups excluding carboxylic acids is 3. The summed E-state index contributed by atoms with van der Waals surface area (Å²) in [4.78, 5) is 45.4. The number of benzene rings is 1. The van der Waals surface area contributed by atoms with Crippen LogP contribution in [0.15, 0.2) is 30.3 Å². The summed E-state index contributed by atoms with van der Waals surface area (Å²) in [5, 5.41) is 23.9. The van der Waals surface area contributed by atoms with Crippen molar-refractivity contribution in [1.82, 2.24) is 35.0 Å². The molecule has 0 bridgehead atoms. The molecule has 39 heavy (non-hydrogen) atoms. The summed E-state index contributed by atoms with van der Waals surface area (Å²) in [6.45, 7) is 3.05. The van der Waals surface area contributed by atoms with Crippen LogP contribution in [-0.2, 0) is 22.5 Å². The smallest absolute Gasteiger partial charge is 0.410 e. The fraction of sp³-hybridized carbons (Fsp3) is 0.400. The summed E-state index contributed by atoms with van der Waals surface area (Å²) in [6, 6.07) is 8.24. The molecule has 2 aromatic heterocycles. The number of hydrogen-bond acceptors (Lipinski definition) is 10. The van der Waals surface area contributed by atoms with Crippen LogP contribution in [0.1, 0.15) is 34.5 Å². The number of nitrogens with one attached hydrogen (secondary N) is 1. The fourth-order valence-corrected chi connectivity index (χ4v) is 4.53. The van der Waals surface area contributed by atoms with Gasteiger partial charge in [0.05, 0.1) is 31.9 Å². The molecule has 5 rings (SSSR count). The van der Waals surface area contributed by atoms with Crippen LogP contribution >= 0.6 is 0 Å². The molecule has 1 atom stereocenters. The van der Waals surface area contributed by atoms with E-state index in [1.54, 1.807) is 36.1 Å². The van der Waals surface area contributed by atoms with E-state index in [0.29, 0.717) is 48.9 Å². The van der Waals surface area contributed by atoms with Gasteiger partial charge in [-0.2, -0.15) is 0 Å². The minimum Gasteiger partial charge on any atom is -0.496 e. The van der Waals surface area contributed by atoms with Crippen LogP contribution in [0.2, 0.25) is 0 Å². The number of amides is 3. The molecular weight excluding hydrogens is 508 g/mol. The minimum absolute atomic E-state index is 0.0416. The molecule has 14 heteroatoms. The van der Waals surface area contributed by atoms with Gasteiger partial charge in [-0.15, -0.1) is 5.10 Å². The first-order valence-corrected chi connectivity index (χ1v) is 12.4. The lowest BCUT2D eigenvalue weighted by Gasteiger charge is -2.30. The highest BCUT2D eigenvalue weighted by atomic mass is 16.6. The van der Waals surface area contributed by atoms with Gasteiger partial charge in [-0.3, -0.25) is 14.5 Å². The molecule has 3 amide bonds. The van der Waals surface area contributed by atoms with E-state index in [-0.39, 0.29) is 37.5 Å². The highest BCUT2D eigenvalue weighted by molar-refractivity contribution is 6.06. The highest BCUT2D eigenvalue weighted by Crippen LogP contribution is 2.29. The number of hydrogen-bond donors (Lipinski definition) is 2. The third-order valence-corrected chi connectivity index (χ3v) is 6.70. The average molecular weight is 537 g/mol. The molecule has 0 unspecified atom stereocenters. The second-order valence-corrected chi connectivity index (χ2v) is 9.26. The number of cyclic esters (lactones) is 1. The van der Waals surface area contributed by atoms with Crippen LogP contribution in [0.3, 0.4) is 0 Å². The number of aliphatic hydroxyl groups is 1. The Morgan fingerprint density at radius 3 is 2.82 bits per heavy atom. The number of pyridine rings is 1. The molecule has 4 heterocycles. The number of tetrazole rings is 1. The third kappa shape index (κ3) is 5.36. The number of methoxy groups -OCH3 is 1. The van der Waals surface area contributed by atoms with Gasteiger partial charge in [0, 0.05) is 13.1 Å². The average Bonchev–Trinajstić information content (AvgIpc) is 3.61. The van der Waals surface area contributed by atoms with E-state index < -0.39 is 12.0 Å². The topological polar surface area (TPSA) is 165 Å². The highest BCUT2D eigenvalue weighted by Gasteiger charge is 2.29. The van der Waals surface area contributed by atoms with Crippen molar-refractivity contribution in [3.63, 3.8) is 0 Å². The van der Waals surface area contributed by atoms with Crippen molar-refractivity contribution in [3.8, 4) is 17.3 Å². The van der Waals surface area contributed by atoms with Gasteiger partial charge in [0.25, 0.3) is 5.91 Å².